The van der Waals surface area contributed by atoms with Crippen LogP contribution in [0.4, 0.5) is 13.2 Å². The summed E-state index contributed by atoms with van der Waals surface area (Å²) in [6.07, 6.45) is 0.392. The maximum Gasteiger partial charge on any atom is 0.573 e. The average molecular weight is 355 g/mol. The Morgan fingerprint density at radius 2 is 1.64 bits per heavy atom. The lowest BCUT2D eigenvalue weighted by Gasteiger charge is -2.37. The zero-order valence-electron chi connectivity index (χ0n) is 17.3. The van der Waals surface area contributed by atoms with Crippen molar-refractivity contribution < 1.29 is 22.0 Å². The van der Waals surface area contributed by atoms with Crippen LogP contribution in [0.15, 0.2) is 36.9 Å². The van der Waals surface area contributed by atoms with E-state index in [4.69, 9.17) is 4.11 Å². The molecule has 0 bridgehead atoms. The van der Waals surface area contributed by atoms with Crippen molar-refractivity contribution in [1.82, 2.24) is 0 Å². The zero-order valence-corrected chi connectivity index (χ0v) is 14.3. The molecule has 1 aromatic carbocycles. The lowest BCUT2D eigenvalue weighted by atomic mass is 9.68. The zero-order chi connectivity index (χ0) is 20.5. The number of ether oxygens (including phenoxy) is 1. The van der Waals surface area contributed by atoms with E-state index in [9.17, 15) is 13.2 Å². The molecule has 2 fully saturated rings. The third kappa shape index (κ3) is 5.02. The topological polar surface area (TPSA) is 9.23 Å². The van der Waals surface area contributed by atoms with E-state index in [0.717, 1.165) is 25.7 Å². The van der Waals surface area contributed by atoms with Crippen molar-refractivity contribution in [1.29, 1.82) is 0 Å². The van der Waals surface area contributed by atoms with Gasteiger partial charge in [0.05, 0.1) is 0 Å². The summed E-state index contributed by atoms with van der Waals surface area (Å²) in [6, 6.07) is 5.32. The summed E-state index contributed by atoms with van der Waals surface area (Å²) < 4.78 is 66.6. The van der Waals surface area contributed by atoms with Gasteiger partial charge in [0.2, 0.25) is 0 Å². The molecule has 3 unspecified atom stereocenters. The molecule has 3 rings (SSSR count). The summed E-state index contributed by atoms with van der Waals surface area (Å²) in [4.78, 5) is 0. The second-order valence-corrected chi connectivity index (χ2v) is 7.14. The number of hydrogen-bond donors (Lipinski definition) is 0. The minimum Gasteiger partial charge on any atom is -0.406 e. The Hall–Kier alpha value is -1.45. The van der Waals surface area contributed by atoms with Crippen LogP contribution in [0.1, 0.15) is 66.9 Å². The Morgan fingerprint density at radius 3 is 2.20 bits per heavy atom. The van der Waals surface area contributed by atoms with Gasteiger partial charge in [-0.1, -0.05) is 18.2 Å². The van der Waals surface area contributed by atoms with Crippen LogP contribution in [0, 0.1) is 17.8 Å². The van der Waals surface area contributed by atoms with Gasteiger partial charge in [-0.15, -0.1) is 19.8 Å². The van der Waals surface area contributed by atoms with Gasteiger partial charge >= 0.3 is 6.36 Å². The summed E-state index contributed by atoms with van der Waals surface area (Å²) in [5, 5.41) is 0. The largest absolute Gasteiger partial charge is 0.573 e. The highest BCUT2D eigenvalue weighted by atomic mass is 19.4. The summed E-state index contributed by atoms with van der Waals surface area (Å²) in [5.74, 6) is 0.211. The van der Waals surface area contributed by atoms with Crippen LogP contribution < -0.4 is 4.74 Å². The van der Waals surface area contributed by atoms with Crippen LogP contribution in [-0.4, -0.2) is 6.36 Å². The molecule has 0 radical (unpaired) electrons. The standard InChI is InChI=1S/C21H27F3O/c1-2-15-3-5-16(6-4-15)17-7-9-18(10-8-17)19-11-13-20(14-12-19)25-21(22,23)24/h2,11-18H,1,3-10H2/i9D,10D2. The molecule has 138 valence electrons. The molecule has 25 heavy (non-hydrogen) atoms. The van der Waals surface area contributed by atoms with E-state index in [1.807, 2.05) is 6.08 Å². The highest BCUT2D eigenvalue weighted by Gasteiger charge is 2.32. The van der Waals surface area contributed by atoms with E-state index in [-0.39, 0.29) is 11.7 Å². The Balaban J connectivity index is 1.70. The molecule has 2 saturated carbocycles. The molecule has 1 aromatic rings. The van der Waals surface area contributed by atoms with Gasteiger partial charge in [-0.05, 0) is 92.7 Å². The van der Waals surface area contributed by atoms with E-state index in [0.29, 0.717) is 30.2 Å². The number of halogens is 3. The van der Waals surface area contributed by atoms with E-state index in [1.165, 1.54) is 24.3 Å². The van der Waals surface area contributed by atoms with Crippen LogP contribution in [0.25, 0.3) is 0 Å². The number of allylic oxidation sites excluding steroid dienone is 1. The second kappa shape index (κ2) is 7.84. The SMILES string of the molecule is [2H]C1CC(C2CCC(C=C)CC2)CC([2H])([2H])C1c1ccc(OC(F)(F)F)cc1. The number of alkyl halides is 3. The van der Waals surface area contributed by atoms with Crippen molar-refractivity contribution in [2.75, 3.05) is 0 Å². The quantitative estimate of drug-likeness (QED) is 0.537. The first-order chi connectivity index (χ1) is 13.1. The molecule has 1 nitrogen and oxygen atoms in total. The molecule has 0 amide bonds. The molecule has 0 aromatic heterocycles. The van der Waals surface area contributed by atoms with Crippen molar-refractivity contribution in [3.8, 4) is 5.75 Å². The van der Waals surface area contributed by atoms with Gasteiger partial charge in [-0.3, -0.25) is 0 Å². The molecule has 0 heterocycles. The fraction of sp³-hybridized carbons (Fsp3) is 0.619. The van der Waals surface area contributed by atoms with Crippen LogP contribution in [-0.2, 0) is 0 Å². The predicted octanol–water partition coefficient (Wildman–Crippen LogP) is 6.85. The van der Waals surface area contributed by atoms with Crippen molar-refractivity contribution in [2.24, 2.45) is 17.8 Å². The Morgan fingerprint density at radius 1 is 1.00 bits per heavy atom. The minimum absolute atomic E-state index is 0.187. The van der Waals surface area contributed by atoms with Gasteiger partial charge in [-0.25, -0.2) is 0 Å². The fourth-order valence-electron chi connectivity index (χ4n) is 4.10. The van der Waals surface area contributed by atoms with Crippen molar-refractivity contribution in [3.63, 3.8) is 0 Å². The maximum absolute atomic E-state index is 12.3. The van der Waals surface area contributed by atoms with E-state index in [1.54, 1.807) is 0 Å². The summed E-state index contributed by atoms with van der Waals surface area (Å²) in [7, 11) is 0. The van der Waals surface area contributed by atoms with Crippen LogP contribution in [0.3, 0.4) is 0 Å². The van der Waals surface area contributed by atoms with Gasteiger partial charge < -0.3 is 4.74 Å². The molecule has 3 atom stereocenters. The van der Waals surface area contributed by atoms with Gasteiger partial charge in [0.1, 0.15) is 5.75 Å². The van der Waals surface area contributed by atoms with Crippen molar-refractivity contribution in [3.05, 3.63) is 42.5 Å². The lowest BCUT2D eigenvalue weighted by Crippen LogP contribution is -2.25. The first-order valence-corrected chi connectivity index (χ1v) is 8.99. The second-order valence-electron chi connectivity index (χ2n) is 7.14. The maximum atomic E-state index is 12.3. The lowest BCUT2D eigenvalue weighted by molar-refractivity contribution is -0.274. The molecular weight excluding hydrogens is 325 g/mol. The third-order valence-corrected chi connectivity index (χ3v) is 5.56. The van der Waals surface area contributed by atoms with Gasteiger partial charge in [0.15, 0.2) is 0 Å². The fourth-order valence-corrected chi connectivity index (χ4v) is 4.10. The molecule has 0 aliphatic heterocycles. The molecule has 0 spiro atoms. The Labute approximate surface area is 152 Å². The molecule has 4 heteroatoms. The van der Waals surface area contributed by atoms with Crippen LogP contribution in [0.5, 0.6) is 5.75 Å². The third-order valence-electron chi connectivity index (χ3n) is 5.56. The minimum atomic E-state index is -4.75. The molecule has 2 aliphatic carbocycles. The number of hydrogen-bond acceptors (Lipinski definition) is 1. The first kappa shape index (κ1) is 14.7. The summed E-state index contributed by atoms with van der Waals surface area (Å²) in [5.41, 5.74) is 0.563. The van der Waals surface area contributed by atoms with Crippen molar-refractivity contribution in [2.45, 2.75) is 63.6 Å². The molecular formula is C21H27F3O. The van der Waals surface area contributed by atoms with Gasteiger partial charge in [0, 0.05) is 4.11 Å². The highest BCUT2D eigenvalue weighted by molar-refractivity contribution is 5.29. The summed E-state index contributed by atoms with van der Waals surface area (Å²) in [6.45, 7) is 3.86. The number of benzene rings is 1. The normalized spacial score (nSPS) is 37.4. The molecule has 0 N–H and O–H groups in total. The van der Waals surface area contributed by atoms with E-state index >= 15 is 0 Å². The van der Waals surface area contributed by atoms with Crippen LogP contribution in [0.2, 0.25) is 0 Å². The molecule has 0 saturated heterocycles. The summed E-state index contributed by atoms with van der Waals surface area (Å²) >= 11 is 0. The average Bonchev–Trinajstić information content (AvgIpc) is 2.60. The predicted molar refractivity (Wildman–Crippen MR) is 93.5 cm³/mol. The van der Waals surface area contributed by atoms with Crippen molar-refractivity contribution >= 4 is 0 Å². The van der Waals surface area contributed by atoms with Gasteiger partial charge in [-0.2, -0.15) is 0 Å². The molecule has 2 aliphatic rings. The first-order valence-electron chi connectivity index (χ1n) is 10.6. The monoisotopic (exact) mass is 355 g/mol. The van der Waals surface area contributed by atoms with E-state index < -0.39 is 25.1 Å². The highest BCUT2D eigenvalue weighted by Crippen LogP contribution is 2.44. The van der Waals surface area contributed by atoms with Gasteiger partial charge in [0.25, 0.3) is 0 Å². The Bertz CT molecular complexity index is 666. The van der Waals surface area contributed by atoms with E-state index in [2.05, 4.69) is 11.3 Å². The smallest absolute Gasteiger partial charge is 0.406 e. The number of rotatable bonds is 4. The van der Waals surface area contributed by atoms with Crippen LogP contribution >= 0.6 is 0 Å². The Kier molecular flexibility index (Phi) is 4.61.